The first-order valence-corrected chi connectivity index (χ1v) is 4.66. The van der Waals surface area contributed by atoms with Crippen LogP contribution in [0.25, 0.3) is 0 Å². The number of nitrogens with zero attached hydrogens (tertiary/aromatic N) is 1. The number of aryl methyl sites for hydroxylation is 2. The van der Waals surface area contributed by atoms with E-state index in [0.29, 0.717) is 5.69 Å². The fourth-order valence-electron chi connectivity index (χ4n) is 1.12. The van der Waals surface area contributed by atoms with Crippen molar-refractivity contribution in [2.75, 3.05) is 0 Å². The third-order valence-electron chi connectivity index (χ3n) is 1.62. The molecule has 2 N–H and O–H groups in total. The molecule has 1 aromatic rings. The lowest BCUT2D eigenvalue weighted by Crippen LogP contribution is -2.06. The molecule has 0 fully saturated rings. The van der Waals surface area contributed by atoms with Crippen LogP contribution < -0.4 is 0 Å². The molecule has 0 aliphatic rings. The molecule has 4 nitrogen and oxygen atoms in total. The summed E-state index contributed by atoms with van der Waals surface area (Å²) in [5.41, 5.74) is 0.491. The maximum atomic E-state index is 10.3. The Hall–Kier alpha value is -0.940. The fraction of sp³-hybridized carbons (Fsp3) is 0.500. The Morgan fingerprint density at radius 3 is 2.62 bits per heavy atom. The van der Waals surface area contributed by atoms with Crippen LogP contribution in [0.2, 0.25) is 0 Å². The smallest absolute Gasteiger partial charge is 0.306 e. The molecule has 0 saturated heterocycles. The molecule has 0 aliphatic carbocycles. The van der Waals surface area contributed by atoms with E-state index in [1.807, 2.05) is 13.8 Å². The summed E-state index contributed by atoms with van der Waals surface area (Å²) in [6, 6.07) is 0. The number of carbonyl (C=O) groups is 1. The first-order chi connectivity index (χ1) is 6.00. The molecule has 1 aromatic heterocycles. The number of thiazole rings is 1. The first kappa shape index (κ1) is 10.1. The highest BCUT2D eigenvalue weighted by molar-refractivity contribution is 7.11. The van der Waals surface area contributed by atoms with E-state index in [1.54, 1.807) is 0 Å². The highest BCUT2D eigenvalue weighted by atomic mass is 32.1. The summed E-state index contributed by atoms with van der Waals surface area (Å²) in [4.78, 5) is 15.3. The number of hydrogen-bond acceptors (Lipinski definition) is 4. The van der Waals surface area contributed by atoms with Crippen molar-refractivity contribution in [2.24, 2.45) is 0 Å². The SMILES string of the molecule is Cc1nc(C(O)CC(=O)O)c(C)s1. The van der Waals surface area contributed by atoms with Crippen LogP contribution in [0.5, 0.6) is 0 Å². The molecule has 0 saturated carbocycles. The van der Waals surface area contributed by atoms with E-state index in [2.05, 4.69) is 4.98 Å². The minimum absolute atomic E-state index is 0.288. The van der Waals surface area contributed by atoms with Gasteiger partial charge in [-0.15, -0.1) is 11.3 Å². The van der Waals surface area contributed by atoms with E-state index in [0.717, 1.165) is 9.88 Å². The third kappa shape index (κ3) is 2.50. The molecule has 0 aliphatic heterocycles. The Balaban J connectivity index is 2.81. The minimum Gasteiger partial charge on any atom is -0.481 e. The van der Waals surface area contributed by atoms with Gasteiger partial charge in [-0.05, 0) is 13.8 Å². The van der Waals surface area contributed by atoms with Crippen LogP contribution in [0.4, 0.5) is 0 Å². The van der Waals surface area contributed by atoms with Crippen molar-refractivity contribution in [2.45, 2.75) is 26.4 Å². The predicted octanol–water partition coefficient (Wildman–Crippen LogP) is 1.27. The van der Waals surface area contributed by atoms with Crippen LogP contribution in [0.3, 0.4) is 0 Å². The number of aliphatic hydroxyl groups is 1. The standard InChI is InChI=1S/C8H11NO3S/c1-4-8(9-5(2)13-4)6(10)3-7(11)12/h6,10H,3H2,1-2H3,(H,11,12). The van der Waals surface area contributed by atoms with Crippen LogP contribution in [-0.2, 0) is 4.79 Å². The quantitative estimate of drug-likeness (QED) is 0.772. The summed E-state index contributed by atoms with van der Waals surface area (Å²) in [5.74, 6) is -1.02. The van der Waals surface area contributed by atoms with Crippen molar-refractivity contribution >= 4 is 17.3 Å². The Bertz CT molecular complexity index is 321. The topological polar surface area (TPSA) is 70.4 Å². The lowest BCUT2D eigenvalue weighted by atomic mass is 10.2. The predicted molar refractivity (Wildman–Crippen MR) is 48.8 cm³/mol. The highest BCUT2D eigenvalue weighted by Crippen LogP contribution is 2.24. The second kappa shape index (κ2) is 3.85. The summed E-state index contributed by atoms with van der Waals surface area (Å²) in [7, 11) is 0. The molecule has 1 heterocycles. The average Bonchev–Trinajstić information content (AvgIpc) is 2.28. The van der Waals surface area contributed by atoms with Crippen molar-refractivity contribution in [3.8, 4) is 0 Å². The second-order valence-corrected chi connectivity index (χ2v) is 4.20. The molecule has 1 unspecified atom stereocenters. The molecule has 0 bridgehead atoms. The van der Waals surface area contributed by atoms with Crippen molar-refractivity contribution in [3.05, 3.63) is 15.6 Å². The Labute approximate surface area is 79.9 Å². The molecule has 72 valence electrons. The van der Waals surface area contributed by atoms with Gasteiger partial charge >= 0.3 is 5.97 Å². The first-order valence-electron chi connectivity index (χ1n) is 3.84. The van der Waals surface area contributed by atoms with E-state index < -0.39 is 12.1 Å². The Morgan fingerprint density at radius 1 is 1.62 bits per heavy atom. The second-order valence-electron chi connectivity index (χ2n) is 2.79. The van der Waals surface area contributed by atoms with Crippen LogP contribution in [0, 0.1) is 13.8 Å². The third-order valence-corrected chi connectivity index (χ3v) is 2.53. The Morgan fingerprint density at radius 2 is 2.23 bits per heavy atom. The van der Waals surface area contributed by atoms with Gasteiger partial charge in [0.15, 0.2) is 0 Å². The molecule has 13 heavy (non-hydrogen) atoms. The zero-order chi connectivity index (χ0) is 10.0. The van der Waals surface area contributed by atoms with Crippen molar-refractivity contribution in [3.63, 3.8) is 0 Å². The van der Waals surface area contributed by atoms with Crippen LogP contribution in [0.1, 0.15) is 28.1 Å². The molecule has 0 radical (unpaired) electrons. The molecule has 0 aromatic carbocycles. The van der Waals surface area contributed by atoms with Crippen molar-refractivity contribution in [1.29, 1.82) is 0 Å². The summed E-state index contributed by atoms with van der Waals surface area (Å²) in [6.45, 7) is 3.65. The summed E-state index contributed by atoms with van der Waals surface area (Å²) in [6.07, 6.45) is -1.27. The van der Waals surface area contributed by atoms with Crippen LogP contribution >= 0.6 is 11.3 Å². The van der Waals surface area contributed by atoms with Gasteiger partial charge < -0.3 is 10.2 Å². The maximum Gasteiger partial charge on any atom is 0.306 e. The van der Waals surface area contributed by atoms with Gasteiger partial charge in [-0.1, -0.05) is 0 Å². The number of aliphatic carboxylic acids is 1. The Kier molecular flexibility index (Phi) is 3.00. The minimum atomic E-state index is -1.02. The fourth-order valence-corrected chi connectivity index (χ4v) is 1.99. The lowest BCUT2D eigenvalue weighted by Gasteiger charge is -2.04. The maximum absolute atomic E-state index is 10.3. The van der Waals surface area contributed by atoms with Gasteiger partial charge in [0.25, 0.3) is 0 Å². The molecular weight excluding hydrogens is 190 g/mol. The van der Waals surface area contributed by atoms with Crippen molar-refractivity contribution < 1.29 is 15.0 Å². The van der Waals surface area contributed by atoms with E-state index >= 15 is 0 Å². The number of hydrogen-bond donors (Lipinski definition) is 2. The van der Waals surface area contributed by atoms with Crippen LogP contribution in [0.15, 0.2) is 0 Å². The zero-order valence-electron chi connectivity index (χ0n) is 7.44. The summed E-state index contributed by atoms with van der Waals surface area (Å²) in [5, 5.41) is 18.8. The van der Waals surface area contributed by atoms with Gasteiger partial charge in [0.2, 0.25) is 0 Å². The molecule has 1 atom stereocenters. The molecule has 1 rings (SSSR count). The summed E-state index contributed by atoms with van der Waals surface area (Å²) < 4.78 is 0. The van der Waals surface area contributed by atoms with Gasteiger partial charge in [-0.25, -0.2) is 4.98 Å². The van der Waals surface area contributed by atoms with Gasteiger partial charge in [0.05, 0.1) is 17.1 Å². The number of aliphatic hydroxyl groups excluding tert-OH is 1. The monoisotopic (exact) mass is 201 g/mol. The average molecular weight is 201 g/mol. The van der Waals surface area contributed by atoms with Gasteiger partial charge in [-0.3, -0.25) is 4.79 Å². The van der Waals surface area contributed by atoms with Gasteiger partial charge in [0, 0.05) is 4.88 Å². The van der Waals surface area contributed by atoms with Crippen LogP contribution in [-0.4, -0.2) is 21.2 Å². The molecule has 5 heteroatoms. The summed E-state index contributed by atoms with van der Waals surface area (Å²) >= 11 is 1.46. The van der Waals surface area contributed by atoms with E-state index in [4.69, 9.17) is 5.11 Å². The van der Waals surface area contributed by atoms with E-state index in [1.165, 1.54) is 11.3 Å². The zero-order valence-corrected chi connectivity index (χ0v) is 8.26. The molecular formula is C8H11NO3S. The molecule has 0 spiro atoms. The number of carboxylic acid groups (broad SMARTS) is 1. The largest absolute Gasteiger partial charge is 0.481 e. The number of carboxylic acids is 1. The highest BCUT2D eigenvalue weighted by Gasteiger charge is 2.17. The lowest BCUT2D eigenvalue weighted by molar-refractivity contribution is -0.139. The van der Waals surface area contributed by atoms with Gasteiger partial charge in [-0.2, -0.15) is 0 Å². The molecule has 0 amide bonds. The van der Waals surface area contributed by atoms with Gasteiger partial charge in [0.1, 0.15) is 6.10 Å². The number of aromatic nitrogens is 1. The van der Waals surface area contributed by atoms with E-state index in [-0.39, 0.29) is 6.42 Å². The van der Waals surface area contributed by atoms with Crippen molar-refractivity contribution in [1.82, 2.24) is 4.98 Å². The normalized spacial score (nSPS) is 12.8. The van der Waals surface area contributed by atoms with E-state index in [9.17, 15) is 9.90 Å². The number of rotatable bonds is 3.